The van der Waals surface area contributed by atoms with Crippen LogP contribution < -0.4 is 10.6 Å². The Hall–Kier alpha value is -2.72. The average molecular weight is 609 g/mol. The lowest BCUT2D eigenvalue weighted by Crippen LogP contribution is -2.33. The topological polar surface area (TPSA) is 17.1 Å². The zero-order chi connectivity index (χ0) is 30.0. The van der Waals surface area contributed by atoms with E-state index in [1.165, 1.54) is 0 Å². The second kappa shape index (κ2) is 9.19. The third-order valence-corrected chi connectivity index (χ3v) is 6.28. The zero-order valence-electron chi connectivity index (χ0n) is 17.0. The van der Waals surface area contributed by atoms with Crippen LogP contribution in [-0.2, 0) is 41.6 Å². The van der Waals surface area contributed by atoms with Crippen molar-refractivity contribution < 1.29 is 83.6 Å². The first kappa shape index (κ1) is 31.5. The summed E-state index contributed by atoms with van der Waals surface area (Å²) in [4.78, 5) is 0. The van der Waals surface area contributed by atoms with Crippen molar-refractivity contribution in [1.82, 2.24) is 0 Å². The largest absolute Gasteiger partial charge is 0.420 e. The highest BCUT2D eigenvalue weighted by Crippen LogP contribution is 2.47. The molecule has 0 saturated heterocycles. The summed E-state index contributed by atoms with van der Waals surface area (Å²) in [5, 5.41) is -5.97. The summed E-state index contributed by atoms with van der Waals surface area (Å²) in [7, 11) is -5.47. The highest BCUT2D eigenvalue weighted by molar-refractivity contribution is 7.62. The molecule has 0 radical (unpaired) electrons. The van der Waals surface area contributed by atoms with Gasteiger partial charge in [0, 0.05) is 0 Å². The standard InChI is InChI=1S/C18H4F18OP/c19-13(20,21)5-1-7(15(25,26)27)11(8(2-5)16(28,29)30)38(37)12-9(17(31,32)33)3-6(14(22,23)24)4-10(12)18(34,35)36/h1-4H/q+1. The van der Waals surface area contributed by atoms with Gasteiger partial charge in [-0.3, -0.25) is 0 Å². The smallest absolute Gasteiger partial charge is 0.166 e. The SMILES string of the molecule is O=[P+](c1c(C(F)(F)F)cc(C(F)(F)F)cc1C(F)(F)F)c1c(C(F)(F)F)cc(C(F)(F)F)cc1C(F)(F)F. The van der Waals surface area contributed by atoms with Crippen LogP contribution in [0, 0.1) is 0 Å². The second-order valence-corrected chi connectivity index (χ2v) is 8.60. The Balaban J connectivity index is 3.24. The highest BCUT2D eigenvalue weighted by atomic mass is 31.1. The summed E-state index contributed by atoms with van der Waals surface area (Å²) < 4.78 is 253. The van der Waals surface area contributed by atoms with Gasteiger partial charge >= 0.3 is 44.9 Å². The van der Waals surface area contributed by atoms with E-state index in [9.17, 15) is 83.6 Å². The summed E-state index contributed by atoms with van der Waals surface area (Å²) in [5.74, 6) is 0. The van der Waals surface area contributed by atoms with Crippen molar-refractivity contribution in [3.63, 3.8) is 0 Å². The maximum absolute atomic E-state index is 13.5. The van der Waals surface area contributed by atoms with E-state index in [2.05, 4.69) is 0 Å². The Morgan fingerprint density at radius 1 is 0.368 bits per heavy atom. The van der Waals surface area contributed by atoms with Crippen molar-refractivity contribution in [2.75, 3.05) is 0 Å². The molecule has 0 heterocycles. The molecule has 0 N–H and O–H groups in total. The lowest BCUT2D eigenvalue weighted by Gasteiger charge is -2.19. The van der Waals surface area contributed by atoms with E-state index in [4.69, 9.17) is 0 Å². The molecular weight excluding hydrogens is 605 g/mol. The van der Waals surface area contributed by atoms with Gasteiger partial charge in [0.15, 0.2) is 0 Å². The molecule has 1 nitrogen and oxygen atoms in total. The van der Waals surface area contributed by atoms with Crippen LogP contribution in [0.4, 0.5) is 79.0 Å². The third kappa shape index (κ3) is 6.46. The zero-order valence-corrected chi connectivity index (χ0v) is 17.9. The van der Waals surface area contributed by atoms with E-state index in [-0.39, 0.29) is 0 Å². The predicted molar refractivity (Wildman–Crippen MR) is 89.8 cm³/mol. The molecule has 2 aromatic rings. The molecule has 0 fully saturated rings. The molecular formula is C18H4F18OP+. The minimum atomic E-state index is -6.38. The molecule has 0 aliphatic carbocycles. The lowest BCUT2D eigenvalue weighted by atomic mass is 10.0. The minimum absolute atomic E-state index is 1.14. The molecule has 20 heteroatoms. The quantitative estimate of drug-likeness (QED) is 0.247. The fourth-order valence-electron chi connectivity index (χ4n) is 3.01. The van der Waals surface area contributed by atoms with E-state index in [0.717, 1.165) is 0 Å². The van der Waals surface area contributed by atoms with Gasteiger partial charge in [-0.2, -0.15) is 79.0 Å². The second-order valence-electron chi connectivity index (χ2n) is 7.12. The monoisotopic (exact) mass is 609 g/mol. The van der Waals surface area contributed by atoms with Crippen LogP contribution in [-0.4, -0.2) is 0 Å². The van der Waals surface area contributed by atoms with Gasteiger partial charge in [0.05, 0.1) is 11.1 Å². The number of hydrogen-bond donors (Lipinski definition) is 0. The Bertz CT molecular complexity index is 1070. The van der Waals surface area contributed by atoms with Gasteiger partial charge in [-0.05, 0) is 24.3 Å². The van der Waals surface area contributed by atoms with Crippen LogP contribution in [0.25, 0.3) is 0 Å². The summed E-state index contributed by atoms with van der Waals surface area (Å²) in [6, 6.07) is -4.55. The van der Waals surface area contributed by atoms with Crippen molar-refractivity contribution in [1.29, 1.82) is 0 Å². The number of rotatable bonds is 2. The Kier molecular flexibility index (Phi) is 7.62. The molecule has 0 bridgehead atoms. The van der Waals surface area contributed by atoms with Gasteiger partial charge in [-0.1, -0.05) is 4.57 Å². The molecule has 0 unspecified atom stereocenters. The van der Waals surface area contributed by atoms with E-state index in [0.29, 0.717) is 0 Å². The molecule has 0 amide bonds. The maximum Gasteiger partial charge on any atom is 0.420 e. The first-order chi connectivity index (χ1) is 16.6. The van der Waals surface area contributed by atoms with Crippen LogP contribution >= 0.6 is 7.80 Å². The molecule has 0 atom stereocenters. The molecule has 0 aliphatic heterocycles. The highest BCUT2D eigenvalue weighted by Gasteiger charge is 2.56. The van der Waals surface area contributed by atoms with Crippen molar-refractivity contribution in [2.24, 2.45) is 0 Å². The molecule has 212 valence electrons. The van der Waals surface area contributed by atoms with Crippen molar-refractivity contribution >= 4 is 18.4 Å². The summed E-state index contributed by atoms with van der Waals surface area (Å²) >= 11 is 0. The van der Waals surface area contributed by atoms with Crippen molar-refractivity contribution in [2.45, 2.75) is 37.1 Å². The fraction of sp³-hybridized carbons (Fsp3) is 0.333. The lowest BCUT2D eigenvalue weighted by molar-refractivity contribution is -0.149. The summed E-state index contributed by atoms with van der Waals surface area (Å²) in [5.41, 5.74) is -18.2. The molecule has 0 aromatic heterocycles. The van der Waals surface area contributed by atoms with Crippen LogP contribution in [0.3, 0.4) is 0 Å². The third-order valence-electron chi connectivity index (χ3n) is 4.50. The first-order valence-electron chi connectivity index (χ1n) is 8.84. The Morgan fingerprint density at radius 2 is 0.553 bits per heavy atom. The normalized spacial score (nSPS) is 14.2. The molecule has 2 rings (SSSR count). The maximum atomic E-state index is 13.5. The van der Waals surface area contributed by atoms with E-state index in [1.54, 1.807) is 0 Å². The molecule has 2 aromatic carbocycles. The molecule has 0 aliphatic rings. The van der Waals surface area contributed by atoms with Gasteiger partial charge in [0.1, 0.15) is 22.3 Å². The van der Waals surface area contributed by atoms with Gasteiger partial charge in [-0.25, -0.2) is 0 Å². The Labute approximate surface area is 197 Å². The fourth-order valence-corrected chi connectivity index (χ4v) is 4.87. The van der Waals surface area contributed by atoms with Gasteiger partial charge in [-0.15, -0.1) is 0 Å². The summed E-state index contributed by atoms with van der Waals surface area (Å²) in [6.07, 6.45) is -37.5. The van der Waals surface area contributed by atoms with E-state index < -0.39 is 113 Å². The molecule has 0 saturated carbocycles. The number of alkyl halides is 18. The van der Waals surface area contributed by atoms with Gasteiger partial charge in [0.2, 0.25) is 10.6 Å². The van der Waals surface area contributed by atoms with Crippen LogP contribution in [0.2, 0.25) is 0 Å². The number of hydrogen-bond acceptors (Lipinski definition) is 1. The van der Waals surface area contributed by atoms with Crippen molar-refractivity contribution in [3.05, 3.63) is 57.6 Å². The van der Waals surface area contributed by atoms with Crippen LogP contribution in [0.1, 0.15) is 33.4 Å². The number of benzene rings is 2. The van der Waals surface area contributed by atoms with Crippen molar-refractivity contribution in [3.8, 4) is 0 Å². The first-order valence-corrected chi connectivity index (χ1v) is 10.1. The van der Waals surface area contributed by atoms with Gasteiger partial charge in [0.25, 0.3) is 0 Å². The van der Waals surface area contributed by atoms with E-state index >= 15 is 0 Å². The predicted octanol–water partition coefficient (Wildman–Crippen LogP) is 8.58. The summed E-state index contributed by atoms with van der Waals surface area (Å²) in [6.45, 7) is 0. The molecule has 0 spiro atoms. The van der Waals surface area contributed by atoms with Gasteiger partial charge < -0.3 is 0 Å². The average Bonchev–Trinajstić information content (AvgIpc) is 2.67. The minimum Gasteiger partial charge on any atom is -0.166 e. The van der Waals surface area contributed by atoms with E-state index in [1.807, 2.05) is 0 Å². The van der Waals surface area contributed by atoms with Crippen LogP contribution in [0.15, 0.2) is 24.3 Å². The Morgan fingerprint density at radius 3 is 0.684 bits per heavy atom. The van der Waals surface area contributed by atoms with Crippen LogP contribution in [0.5, 0.6) is 0 Å². The number of halogens is 18. The molecule has 38 heavy (non-hydrogen) atoms.